The van der Waals surface area contributed by atoms with Gasteiger partial charge >= 0.3 is 0 Å². The number of hydrogen-bond acceptors (Lipinski definition) is 6. The molecule has 2 aromatic heterocycles. The van der Waals surface area contributed by atoms with Crippen LogP contribution in [0.25, 0.3) is 10.6 Å². The van der Waals surface area contributed by atoms with Crippen molar-refractivity contribution in [2.45, 2.75) is 60.0 Å². The van der Waals surface area contributed by atoms with Crippen molar-refractivity contribution in [3.63, 3.8) is 0 Å². The standard InChI is InChI=1S/C19H27N5O3S/c1-8-9(2)20-16(25)13(6)21-17(26)15-12(5)22-18(28-15)14-10(3)11(4)23-24(7)19(14)27/h9,13H,8H2,1-7H3,(H,20,25)(H,21,26). The van der Waals surface area contributed by atoms with Gasteiger partial charge < -0.3 is 10.6 Å². The largest absolute Gasteiger partial charge is 0.352 e. The molecule has 0 aliphatic carbocycles. The lowest BCUT2D eigenvalue weighted by molar-refractivity contribution is -0.123. The van der Waals surface area contributed by atoms with E-state index in [1.54, 1.807) is 20.9 Å². The molecule has 2 heterocycles. The highest BCUT2D eigenvalue weighted by atomic mass is 32.1. The van der Waals surface area contributed by atoms with Crippen molar-refractivity contribution in [3.8, 4) is 10.6 Å². The summed E-state index contributed by atoms with van der Waals surface area (Å²) < 4.78 is 1.27. The first-order valence-corrected chi connectivity index (χ1v) is 10.0. The monoisotopic (exact) mass is 405 g/mol. The number of amides is 2. The Bertz CT molecular complexity index is 963. The zero-order valence-electron chi connectivity index (χ0n) is 17.3. The fraction of sp³-hybridized carbons (Fsp3) is 0.526. The predicted molar refractivity (Wildman–Crippen MR) is 110 cm³/mol. The molecular weight excluding hydrogens is 378 g/mol. The third-order valence-electron chi connectivity index (χ3n) is 4.68. The topological polar surface area (TPSA) is 106 Å². The van der Waals surface area contributed by atoms with Gasteiger partial charge in [-0.05, 0) is 46.6 Å². The predicted octanol–water partition coefficient (Wildman–Crippen LogP) is 1.86. The first-order chi connectivity index (χ1) is 13.1. The molecule has 2 rings (SSSR count). The second kappa shape index (κ2) is 8.64. The summed E-state index contributed by atoms with van der Waals surface area (Å²) in [6, 6.07) is -0.637. The van der Waals surface area contributed by atoms with Crippen LogP contribution >= 0.6 is 11.3 Å². The number of rotatable bonds is 6. The number of aryl methyl sites for hydroxylation is 3. The van der Waals surface area contributed by atoms with E-state index in [2.05, 4.69) is 20.7 Å². The molecule has 0 aliphatic heterocycles. The van der Waals surface area contributed by atoms with Crippen molar-refractivity contribution in [3.05, 3.63) is 32.2 Å². The molecule has 9 heteroatoms. The second-order valence-electron chi connectivity index (χ2n) is 6.96. The SMILES string of the molecule is CCC(C)NC(=O)C(C)NC(=O)c1sc(-c2c(C)c(C)nn(C)c2=O)nc1C. The normalized spacial score (nSPS) is 13.1. The molecule has 0 bridgehead atoms. The lowest BCUT2D eigenvalue weighted by Crippen LogP contribution is -2.47. The van der Waals surface area contributed by atoms with E-state index in [-0.39, 0.29) is 23.4 Å². The Hall–Kier alpha value is -2.55. The Morgan fingerprint density at radius 3 is 2.39 bits per heavy atom. The fourth-order valence-corrected chi connectivity index (χ4v) is 3.68. The van der Waals surface area contributed by atoms with Gasteiger partial charge in [-0.2, -0.15) is 5.10 Å². The van der Waals surface area contributed by atoms with Crippen LogP contribution in [0.1, 0.15) is 53.8 Å². The third kappa shape index (κ3) is 4.46. The summed E-state index contributed by atoms with van der Waals surface area (Å²) >= 11 is 1.14. The molecule has 0 aromatic carbocycles. The van der Waals surface area contributed by atoms with Crippen molar-refractivity contribution in [1.29, 1.82) is 0 Å². The molecule has 2 atom stereocenters. The average molecular weight is 406 g/mol. The zero-order valence-corrected chi connectivity index (χ0v) is 18.2. The van der Waals surface area contributed by atoms with E-state index in [0.29, 0.717) is 21.1 Å². The maximum atomic E-state index is 12.7. The van der Waals surface area contributed by atoms with Crippen LogP contribution in [-0.4, -0.2) is 38.7 Å². The molecule has 0 radical (unpaired) electrons. The molecule has 0 fully saturated rings. The molecule has 8 nitrogen and oxygen atoms in total. The molecule has 28 heavy (non-hydrogen) atoms. The molecule has 152 valence electrons. The molecular formula is C19H27N5O3S. The maximum Gasteiger partial charge on any atom is 0.277 e. The number of carbonyl (C=O) groups is 2. The Kier molecular flexibility index (Phi) is 6.71. The van der Waals surface area contributed by atoms with Crippen LogP contribution in [0.2, 0.25) is 0 Å². The van der Waals surface area contributed by atoms with Crippen LogP contribution in [-0.2, 0) is 11.8 Å². The van der Waals surface area contributed by atoms with Gasteiger partial charge in [0.15, 0.2) is 0 Å². The Morgan fingerprint density at radius 2 is 1.79 bits per heavy atom. The van der Waals surface area contributed by atoms with Gasteiger partial charge in [0.1, 0.15) is 15.9 Å². The molecule has 0 saturated heterocycles. The average Bonchev–Trinajstić information content (AvgIpc) is 3.01. The summed E-state index contributed by atoms with van der Waals surface area (Å²) in [5, 5.41) is 10.2. The molecule has 2 amide bonds. The van der Waals surface area contributed by atoms with Crippen LogP contribution in [0.5, 0.6) is 0 Å². The quantitative estimate of drug-likeness (QED) is 0.763. The van der Waals surface area contributed by atoms with Gasteiger partial charge in [0.2, 0.25) is 5.91 Å². The maximum absolute atomic E-state index is 12.7. The molecule has 0 spiro atoms. The number of thiazole rings is 1. The van der Waals surface area contributed by atoms with E-state index < -0.39 is 6.04 Å². The summed E-state index contributed by atoms with van der Waals surface area (Å²) in [7, 11) is 1.59. The summed E-state index contributed by atoms with van der Waals surface area (Å²) in [4.78, 5) is 42.2. The smallest absolute Gasteiger partial charge is 0.277 e. The first kappa shape index (κ1) is 21.7. The van der Waals surface area contributed by atoms with Gasteiger partial charge in [-0.1, -0.05) is 6.92 Å². The van der Waals surface area contributed by atoms with Gasteiger partial charge in [-0.25, -0.2) is 9.67 Å². The Balaban J connectivity index is 2.29. The number of carbonyl (C=O) groups excluding carboxylic acids is 2. The summed E-state index contributed by atoms with van der Waals surface area (Å²) in [5.41, 5.74) is 2.18. The highest BCUT2D eigenvalue weighted by Gasteiger charge is 2.23. The van der Waals surface area contributed by atoms with Crippen molar-refractivity contribution in [1.82, 2.24) is 25.4 Å². The summed E-state index contributed by atoms with van der Waals surface area (Å²) in [5.74, 6) is -0.618. The second-order valence-corrected chi connectivity index (χ2v) is 7.96. The van der Waals surface area contributed by atoms with Gasteiger partial charge in [-0.15, -0.1) is 11.3 Å². The lowest BCUT2D eigenvalue weighted by atomic mass is 10.1. The van der Waals surface area contributed by atoms with Crippen LogP contribution in [0.3, 0.4) is 0 Å². The van der Waals surface area contributed by atoms with Gasteiger partial charge in [0.25, 0.3) is 11.5 Å². The Morgan fingerprint density at radius 1 is 1.14 bits per heavy atom. The minimum atomic E-state index is -0.677. The van der Waals surface area contributed by atoms with E-state index in [0.717, 1.165) is 29.0 Å². The first-order valence-electron chi connectivity index (χ1n) is 9.20. The number of nitrogens with zero attached hydrogens (tertiary/aromatic N) is 3. The summed E-state index contributed by atoms with van der Waals surface area (Å²) in [6.07, 6.45) is 0.809. The molecule has 2 N–H and O–H groups in total. The number of hydrogen-bond donors (Lipinski definition) is 2. The summed E-state index contributed by atoms with van der Waals surface area (Å²) in [6.45, 7) is 10.9. The zero-order chi connectivity index (χ0) is 21.2. The van der Waals surface area contributed by atoms with E-state index in [4.69, 9.17) is 0 Å². The number of nitrogens with one attached hydrogen (secondary N) is 2. The van der Waals surface area contributed by atoms with Crippen molar-refractivity contribution >= 4 is 23.2 Å². The van der Waals surface area contributed by atoms with Gasteiger partial charge in [0, 0.05) is 13.1 Å². The molecule has 0 aliphatic rings. The van der Waals surface area contributed by atoms with Crippen LogP contribution in [0.15, 0.2) is 4.79 Å². The fourth-order valence-electron chi connectivity index (χ4n) is 2.61. The van der Waals surface area contributed by atoms with Crippen molar-refractivity contribution < 1.29 is 9.59 Å². The highest BCUT2D eigenvalue weighted by Crippen LogP contribution is 2.28. The van der Waals surface area contributed by atoms with E-state index >= 15 is 0 Å². The molecule has 2 aromatic rings. The van der Waals surface area contributed by atoms with Gasteiger partial charge in [0.05, 0.1) is 17.0 Å². The minimum Gasteiger partial charge on any atom is -0.352 e. The molecule has 0 saturated carbocycles. The van der Waals surface area contributed by atoms with E-state index in [9.17, 15) is 14.4 Å². The van der Waals surface area contributed by atoms with Crippen LogP contribution in [0.4, 0.5) is 0 Å². The minimum absolute atomic E-state index is 0.0396. The van der Waals surface area contributed by atoms with Crippen LogP contribution < -0.4 is 16.2 Å². The van der Waals surface area contributed by atoms with E-state index in [1.165, 1.54) is 4.68 Å². The number of aromatic nitrogens is 3. The highest BCUT2D eigenvalue weighted by molar-refractivity contribution is 7.17. The third-order valence-corrected chi connectivity index (χ3v) is 5.86. The lowest BCUT2D eigenvalue weighted by Gasteiger charge is -2.17. The van der Waals surface area contributed by atoms with Crippen molar-refractivity contribution in [2.75, 3.05) is 0 Å². The Labute approximate surface area is 168 Å². The van der Waals surface area contributed by atoms with E-state index in [1.807, 2.05) is 27.7 Å². The van der Waals surface area contributed by atoms with Crippen LogP contribution in [0, 0.1) is 20.8 Å². The molecule has 2 unspecified atom stereocenters. The van der Waals surface area contributed by atoms with Crippen molar-refractivity contribution in [2.24, 2.45) is 7.05 Å². The van der Waals surface area contributed by atoms with Gasteiger partial charge in [-0.3, -0.25) is 14.4 Å².